The Morgan fingerprint density at radius 3 is 2.75 bits per heavy atom. The predicted molar refractivity (Wildman–Crippen MR) is 81.7 cm³/mol. The molecular weight excluding hydrogens is 322 g/mol. The van der Waals surface area contributed by atoms with Gasteiger partial charge >= 0.3 is 0 Å². The molecule has 0 radical (unpaired) electrons. The Labute approximate surface area is 127 Å². The highest BCUT2D eigenvalue weighted by Gasteiger charge is 2.21. The van der Waals surface area contributed by atoms with Gasteiger partial charge in [-0.05, 0) is 43.7 Å². The van der Waals surface area contributed by atoms with Gasteiger partial charge in [-0.15, -0.1) is 0 Å². The molecule has 0 atom stereocenters. The van der Waals surface area contributed by atoms with Gasteiger partial charge in [-0.1, -0.05) is 22.0 Å². The topological polar surface area (TPSA) is 58.6 Å². The highest BCUT2D eigenvalue weighted by atomic mass is 79.9. The molecule has 5 heteroatoms. The van der Waals surface area contributed by atoms with Crippen LogP contribution >= 0.6 is 15.9 Å². The van der Waals surface area contributed by atoms with E-state index in [0.717, 1.165) is 25.7 Å². The number of para-hydroxylation sites is 1. The number of aromatic hydroxyl groups is 1. The number of hydrogen-bond acceptors (Lipinski definition) is 3. The molecule has 2 N–H and O–H groups in total. The van der Waals surface area contributed by atoms with E-state index in [4.69, 9.17) is 4.74 Å². The van der Waals surface area contributed by atoms with Crippen molar-refractivity contribution in [2.24, 2.45) is 5.92 Å². The fraction of sp³-hybridized carbons (Fsp3) is 0.533. The monoisotopic (exact) mass is 341 g/mol. The average Bonchev–Trinajstić information content (AvgIpc) is 2.46. The predicted octanol–water partition coefficient (Wildman–Crippen LogP) is 3.08. The van der Waals surface area contributed by atoms with Crippen LogP contribution in [0.2, 0.25) is 0 Å². The van der Waals surface area contributed by atoms with Crippen LogP contribution < -0.4 is 10.1 Å². The number of nitrogens with one attached hydrogen (secondary N) is 1. The summed E-state index contributed by atoms with van der Waals surface area (Å²) in [6.07, 6.45) is 4.57. The second kappa shape index (κ2) is 6.97. The molecule has 0 heterocycles. The van der Waals surface area contributed by atoms with Crippen molar-refractivity contribution in [3.05, 3.63) is 23.8 Å². The normalized spacial score (nSPS) is 22.3. The maximum Gasteiger partial charge on any atom is 0.255 e. The Balaban J connectivity index is 1.92. The minimum atomic E-state index is -0.248. The summed E-state index contributed by atoms with van der Waals surface area (Å²) < 4.78 is 5.01. The van der Waals surface area contributed by atoms with Crippen molar-refractivity contribution in [2.45, 2.75) is 30.5 Å². The first-order chi connectivity index (χ1) is 9.61. The Morgan fingerprint density at radius 2 is 2.10 bits per heavy atom. The molecule has 110 valence electrons. The van der Waals surface area contributed by atoms with Crippen molar-refractivity contribution in [1.82, 2.24) is 5.32 Å². The average molecular weight is 342 g/mol. The lowest BCUT2D eigenvalue weighted by atomic mass is 9.89. The first-order valence-corrected chi connectivity index (χ1v) is 7.81. The number of amides is 1. The largest absolute Gasteiger partial charge is 0.504 e. The van der Waals surface area contributed by atoms with Crippen molar-refractivity contribution in [2.75, 3.05) is 13.7 Å². The SMILES string of the molecule is COc1cccc(C(=O)NCC2CCC(Br)CC2)c1O. The molecule has 1 aromatic rings. The quantitative estimate of drug-likeness (QED) is 0.827. The van der Waals surface area contributed by atoms with Gasteiger partial charge in [-0.25, -0.2) is 0 Å². The molecule has 0 aromatic heterocycles. The van der Waals surface area contributed by atoms with Gasteiger partial charge in [0.15, 0.2) is 11.5 Å². The van der Waals surface area contributed by atoms with Crippen LogP contribution in [-0.4, -0.2) is 29.5 Å². The summed E-state index contributed by atoms with van der Waals surface area (Å²) >= 11 is 3.62. The number of rotatable bonds is 4. The molecule has 0 spiro atoms. The molecule has 1 fully saturated rings. The van der Waals surface area contributed by atoms with E-state index in [0.29, 0.717) is 23.0 Å². The number of ether oxygens (including phenoxy) is 1. The molecule has 0 unspecified atom stereocenters. The molecule has 1 aromatic carbocycles. The summed E-state index contributed by atoms with van der Waals surface area (Å²) in [6, 6.07) is 4.93. The van der Waals surface area contributed by atoms with Crippen LogP contribution in [-0.2, 0) is 0 Å². The first kappa shape index (κ1) is 15.2. The smallest absolute Gasteiger partial charge is 0.255 e. The lowest BCUT2D eigenvalue weighted by Gasteiger charge is -2.25. The molecule has 1 amide bonds. The van der Waals surface area contributed by atoms with Gasteiger partial charge in [0.2, 0.25) is 0 Å². The third-order valence-electron chi connectivity index (χ3n) is 3.79. The second-order valence-corrected chi connectivity index (χ2v) is 6.48. The van der Waals surface area contributed by atoms with Crippen molar-refractivity contribution in [1.29, 1.82) is 0 Å². The maximum atomic E-state index is 12.1. The maximum absolute atomic E-state index is 12.1. The molecule has 0 bridgehead atoms. The van der Waals surface area contributed by atoms with Crippen LogP contribution in [0.25, 0.3) is 0 Å². The molecule has 2 rings (SSSR count). The second-order valence-electron chi connectivity index (χ2n) is 5.18. The zero-order chi connectivity index (χ0) is 14.5. The minimum Gasteiger partial charge on any atom is -0.504 e. The van der Waals surface area contributed by atoms with Crippen molar-refractivity contribution in [3.63, 3.8) is 0 Å². The fourth-order valence-corrected chi connectivity index (χ4v) is 3.06. The number of hydrogen-bond donors (Lipinski definition) is 2. The highest BCUT2D eigenvalue weighted by molar-refractivity contribution is 9.09. The molecule has 1 saturated carbocycles. The van der Waals surface area contributed by atoms with Gasteiger partial charge in [-0.2, -0.15) is 0 Å². The van der Waals surface area contributed by atoms with Crippen LogP contribution in [0.4, 0.5) is 0 Å². The van der Waals surface area contributed by atoms with Crippen molar-refractivity contribution >= 4 is 21.8 Å². The third kappa shape index (κ3) is 3.66. The van der Waals surface area contributed by atoms with Gasteiger partial charge < -0.3 is 15.2 Å². The number of phenolic OH excluding ortho intramolecular Hbond substituents is 1. The Kier molecular flexibility index (Phi) is 5.29. The summed E-state index contributed by atoms with van der Waals surface area (Å²) in [5.74, 6) is 0.497. The summed E-state index contributed by atoms with van der Waals surface area (Å²) in [4.78, 5) is 12.7. The van der Waals surface area contributed by atoms with Crippen LogP contribution in [0, 0.1) is 5.92 Å². The van der Waals surface area contributed by atoms with E-state index in [2.05, 4.69) is 21.2 Å². The number of alkyl halides is 1. The summed E-state index contributed by atoms with van der Waals surface area (Å²) in [5.41, 5.74) is 0.263. The van der Waals surface area contributed by atoms with Gasteiger partial charge in [-0.3, -0.25) is 4.79 Å². The number of methoxy groups -OCH3 is 1. The Hall–Kier alpha value is -1.23. The molecule has 20 heavy (non-hydrogen) atoms. The summed E-state index contributed by atoms with van der Waals surface area (Å²) in [7, 11) is 1.47. The Bertz CT molecular complexity index is 470. The molecule has 1 aliphatic carbocycles. The van der Waals surface area contributed by atoms with Gasteiger partial charge in [0.05, 0.1) is 12.7 Å². The van der Waals surface area contributed by atoms with E-state index in [1.807, 2.05) is 0 Å². The summed E-state index contributed by atoms with van der Waals surface area (Å²) in [5, 5.41) is 12.8. The van der Waals surface area contributed by atoms with E-state index >= 15 is 0 Å². The molecular formula is C15H20BrNO3. The number of carbonyl (C=O) groups is 1. The zero-order valence-corrected chi connectivity index (χ0v) is 13.1. The van der Waals surface area contributed by atoms with Crippen molar-refractivity contribution < 1.29 is 14.6 Å². The first-order valence-electron chi connectivity index (χ1n) is 6.90. The number of phenols is 1. The number of carbonyl (C=O) groups excluding carboxylic acids is 1. The van der Waals surface area contributed by atoms with Gasteiger partial charge in [0.25, 0.3) is 5.91 Å². The van der Waals surface area contributed by atoms with Crippen LogP contribution in [0.3, 0.4) is 0 Å². The lowest BCUT2D eigenvalue weighted by Crippen LogP contribution is -2.31. The summed E-state index contributed by atoms with van der Waals surface area (Å²) in [6.45, 7) is 0.662. The van der Waals surface area contributed by atoms with Crippen LogP contribution in [0.5, 0.6) is 11.5 Å². The van der Waals surface area contributed by atoms with Gasteiger partial charge in [0, 0.05) is 11.4 Å². The van der Waals surface area contributed by atoms with Crippen LogP contribution in [0.15, 0.2) is 18.2 Å². The molecule has 1 aliphatic rings. The fourth-order valence-electron chi connectivity index (χ4n) is 2.53. The van der Waals surface area contributed by atoms with Crippen molar-refractivity contribution in [3.8, 4) is 11.5 Å². The standard InChI is InChI=1S/C15H20BrNO3/c1-20-13-4-2-3-12(14(13)18)15(19)17-9-10-5-7-11(16)8-6-10/h2-4,10-11,18H,5-9H2,1H3,(H,17,19). The number of benzene rings is 1. The van der Waals surface area contributed by atoms with Gasteiger partial charge in [0.1, 0.15) is 0 Å². The van der Waals surface area contributed by atoms with Crippen LogP contribution in [0.1, 0.15) is 36.0 Å². The lowest BCUT2D eigenvalue weighted by molar-refractivity contribution is 0.0940. The van der Waals surface area contributed by atoms with E-state index < -0.39 is 0 Å². The molecule has 4 nitrogen and oxygen atoms in total. The zero-order valence-electron chi connectivity index (χ0n) is 11.6. The number of halogens is 1. The molecule has 0 saturated heterocycles. The third-order valence-corrected chi connectivity index (χ3v) is 4.71. The highest BCUT2D eigenvalue weighted by Crippen LogP contribution is 2.30. The van der Waals surface area contributed by atoms with E-state index in [9.17, 15) is 9.90 Å². The van der Waals surface area contributed by atoms with E-state index in [1.54, 1.807) is 18.2 Å². The Morgan fingerprint density at radius 1 is 1.40 bits per heavy atom. The van der Waals surface area contributed by atoms with E-state index in [1.165, 1.54) is 7.11 Å². The molecule has 0 aliphatic heterocycles. The van der Waals surface area contributed by atoms with E-state index in [-0.39, 0.29) is 17.2 Å². The minimum absolute atomic E-state index is 0.100.